The van der Waals surface area contributed by atoms with Crippen LogP contribution in [0, 0.1) is 0 Å². The summed E-state index contributed by atoms with van der Waals surface area (Å²) in [5.74, 6) is -1.16. The molecule has 0 saturated carbocycles. The van der Waals surface area contributed by atoms with E-state index in [2.05, 4.69) is 5.32 Å². The lowest BCUT2D eigenvalue weighted by molar-refractivity contribution is -0.137. The van der Waals surface area contributed by atoms with Crippen LogP contribution in [-0.4, -0.2) is 28.7 Å². The molecule has 7 heteroatoms. The van der Waals surface area contributed by atoms with Crippen molar-refractivity contribution in [3.8, 4) is 16.9 Å². The van der Waals surface area contributed by atoms with Crippen molar-refractivity contribution in [1.82, 2.24) is 4.57 Å². The molecule has 0 fully saturated rings. The maximum Gasteiger partial charge on any atom is 0.323 e. The van der Waals surface area contributed by atoms with Crippen molar-refractivity contribution >= 4 is 17.6 Å². The van der Waals surface area contributed by atoms with E-state index < -0.39 is 24.0 Å². The molecule has 0 bridgehead atoms. The summed E-state index contributed by atoms with van der Waals surface area (Å²) in [4.78, 5) is 35.4. The summed E-state index contributed by atoms with van der Waals surface area (Å²) in [6.07, 6.45) is 1.29. The van der Waals surface area contributed by atoms with Crippen LogP contribution < -0.4 is 15.6 Å². The van der Waals surface area contributed by atoms with E-state index in [1.54, 1.807) is 12.1 Å². The van der Waals surface area contributed by atoms with Gasteiger partial charge >= 0.3 is 5.97 Å². The minimum atomic E-state index is -1.15. The van der Waals surface area contributed by atoms with Crippen molar-refractivity contribution in [3.05, 3.63) is 82.8 Å². The van der Waals surface area contributed by atoms with Crippen LogP contribution in [0.5, 0.6) is 5.75 Å². The van der Waals surface area contributed by atoms with E-state index in [0.717, 1.165) is 15.7 Å². The molecule has 0 radical (unpaired) electrons. The number of ether oxygens (including phenoxy) is 1. The fraction of sp³-hybridized carbons (Fsp3) is 0.0952. The Balaban J connectivity index is 1.93. The van der Waals surface area contributed by atoms with Gasteiger partial charge in [0.2, 0.25) is 0 Å². The van der Waals surface area contributed by atoms with Gasteiger partial charge in [0, 0.05) is 17.8 Å². The zero-order valence-corrected chi connectivity index (χ0v) is 15.1. The maximum atomic E-state index is 12.8. The molecule has 142 valence electrons. The number of carboxylic acids is 1. The van der Waals surface area contributed by atoms with E-state index >= 15 is 0 Å². The molecule has 1 heterocycles. The van der Waals surface area contributed by atoms with Crippen molar-refractivity contribution < 1.29 is 19.4 Å². The average Bonchev–Trinajstić information content (AvgIpc) is 2.70. The van der Waals surface area contributed by atoms with Gasteiger partial charge in [-0.25, -0.2) is 0 Å². The van der Waals surface area contributed by atoms with Gasteiger partial charge in [-0.05, 0) is 17.7 Å². The number of pyridine rings is 1. The first kappa shape index (κ1) is 18.9. The summed E-state index contributed by atoms with van der Waals surface area (Å²) in [7, 11) is 1.49. The number of anilines is 1. The Morgan fingerprint density at radius 2 is 1.79 bits per heavy atom. The van der Waals surface area contributed by atoms with E-state index in [1.165, 1.54) is 25.4 Å². The summed E-state index contributed by atoms with van der Waals surface area (Å²) < 4.78 is 6.50. The van der Waals surface area contributed by atoms with Gasteiger partial charge in [-0.1, -0.05) is 42.5 Å². The number of carboxylic acid groups (broad SMARTS) is 1. The van der Waals surface area contributed by atoms with Gasteiger partial charge in [0.25, 0.3) is 11.5 Å². The van der Waals surface area contributed by atoms with Gasteiger partial charge in [-0.15, -0.1) is 0 Å². The van der Waals surface area contributed by atoms with Crippen LogP contribution >= 0.6 is 0 Å². The van der Waals surface area contributed by atoms with Gasteiger partial charge in [-0.3, -0.25) is 14.4 Å². The fourth-order valence-corrected chi connectivity index (χ4v) is 2.85. The molecule has 0 saturated heterocycles. The van der Waals surface area contributed by atoms with Crippen LogP contribution in [-0.2, 0) is 11.3 Å². The smallest absolute Gasteiger partial charge is 0.323 e. The number of aromatic nitrogens is 1. The van der Waals surface area contributed by atoms with Crippen LogP contribution in [0.2, 0.25) is 0 Å². The molecular weight excluding hydrogens is 360 g/mol. The Hall–Kier alpha value is -3.87. The number of nitrogens with one attached hydrogen (secondary N) is 1. The first-order valence-corrected chi connectivity index (χ1v) is 8.45. The van der Waals surface area contributed by atoms with E-state index in [-0.39, 0.29) is 0 Å². The molecule has 0 spiro atoms. The Bertz CT molecular complexity index is 1070. The molecule has 0 aliphatic heterocycles. The summed E-state index contributed by atoms with van der Waals surface area (Å²) in [6.45, 7) is -0.491. The van der Waals surface area contributed by atoms with E-state index in [0.29, 0.717) is 17.0 Å². The van der Waals surface area contributed by atoms with Crippen LogP contribution in [0.15, 0.2) is 71.7 Å². The Morgan fingerprint density at radius 1 is 1.04 bits per heavy atom. The fourth-order valence-electron chi connectivity index (χ4n) is 2.85. The monoisotopic (exact) mass is 378 g/mol. The zero-order chi connectivity index (χ0) is 20.1. The molecule has 0 atom stereocenters. The quantitative estimate of drug-likeness (QED) is 0.687. The summed E-state index contributed by atoms with van der Waals surface area (Å²) >= 11 is 0. The van der Waals surface area contributed by atoms with E-state index in [9.17, 15) is 14.4 Å². The normalized spacial score (nSPS) is 10.3. The molecule has 2 aromatic carbocycles. The number of carbonyl (C=O) groups excluding carboxylic acids is 1. The second-order valence-corrected chi connectivity index (χ2v) is 5.98. The lowest BCUT2D eigenvalue weighted by Crippen LogP contribution is -2.24. The number of carbonyl (C=O) groups is 2. The molecule has 0 aliphatic rings. The highest BCUT2D eigenvalue weighted by Gasteiger charge is 2.17. The molecule has 0 aliphatic carbocycles. The van der Waals surface area contributed by atoms with E-state index in [1.807, 2.05) is 36.4 Å². The first-order valence-electron chi connectivity index (χ1n) is 8.45. The molecule has 1 aromatic heterocycles. The Labute approximate surface area is 160 Å². The van der Waals surface area contributed by atoms with Gasteiger partial charge in [0.1, 0.15) is 12.3 Å². The second-order valence-electron chi connectivity index (χ2n) is 5.98. The van der Waals surface area contributed by atoms with Gasteiger partial charge in [-0.2, -0.15) is 0 Å². The highest BCUT2D eigenvalue weighted by atomic mass is 16.5. The van der Waals surface area contributed by atoms with Crippen LogP contribution in [0.1, 0.15) is 10.4 Å². The number of hydrogen-bond acceptors (Lipinski definition) is 4. The second kappa shape index (κ2) is 8.22. The van der Waals surface area contributed by atoms with Crippen molar-refractivity contribution in [2.75, 3.05) is 12.4 Å². The minimum absolute atomic E-state index is 0.304. The van der Waals surface area contributed by atoms with Crippen LogP contribution in [0.4, 0.5) is 5.69 Å². The molecule has 28 heavy (non-hydrogen) atoms. The third-order valence-electron chi connectivity index (χ3n) is 4.10. The van der Waals surface area contributed by atoms with Crippen LogP contribution in [0.25, 0.3) is 11.1 Å². The molecule has 3 rings (SSSR count). The Morgan fingerprint density at radius 3 is 2.46 bits per heavy atom. The lowest BCUT2D eigenvalue weighted by Gasteiger charge is -2.14. The van der Waals surface area contributed by atoms with Crippen molar-refractivity contribution in [1.29, 1.82) is 0 Å². The number of hydrogen-bond donors (Lipinski definition) is 2. The number of nitrogens with zero attached hydrogens (tertiary/aromatic N) is 1. The number of amides is 1. The Kier molecular flexibility index (Phi) is 5.55. The van der Waals surface area contributed by atoms with Gasteiger partial charge < -0.3 is 19.7 Å². The highest BCUT2D eigenvalue weighted by Crippen LogP contribution is 2.33. The molecule has 3 aromatic rings. The summed E-state index contributed by atoms with van der Waals surface area (Å²) in [6, 6.07) is 17.4. The topological polar surface area (TPSA) is 97.6 Å². The van der Waals surface area contributed by atoms with E-state index in [4.69, 9.17) is 9.84 Å². The molecular formula is C21H18N2O5. The standard InChI is InChI=1S/C21H18N2O5/c1-28-20-16(14-6-3-2-4-7-14)8-5-9-17(20)21(27)22-15-10-11-18(24)23(12-15)13-19(25)26/h2-12H,13H2,1H3,(H,22,27)(H,25,26). The number of rotatable bonds is 6. The van der Waals surface area contributed by atoms with Crippen molar-refractivity contribution in [2.24, 2.45) is 0 Å². The minimum Gasteiger partial charge on any atom is -0.495 e. The number of benzene rings is 2. The average molecular weight is 378 g/mol. The summed E-state index contributed by atoms with van der Waals surface area (Å²) in [5.41, 5.74) is 1.83. The molecule has 7 nitrogen and oxygen atoms in total. The summed E-state index contributed by atoms with van der Waals surface area (Å²) in [5, 5.41) is 11.6. The molecule has 2 N–H and O–H groups in total. The first-order chi connectivity index (χ1) is 13.5. The van der Waals surface area contributed by atoms with Crippen LogP contribution in [0.3, 0.4) is 0 Å². The predicted octanol–water partition coefficient (Wildman–Crippen LogP) is 2.86. The van der Waals surface area contributed by atoms with Crippen molar-refractivity contribution in [2.45, 2.75) is 6.54 Å². The van der Waals surface area contributed by atoms with Crippen molar-refractivity contribution in [3.63, 3.8) is 0 Å². The number of aliphatic carboxylic acids is 1. The number of para-hydroxylation sites is 1. The third-order valence-corrected chi connectivity index (χ3v) is 4.10. The zero-order valence-electron chi connectivity index (χ0n) is 15.1. The third kappa shape index (κ3) is 4.09. The lowest BCUT2D eigenvalue weighted by atomic mass is 10.0. The largest absolute Gasteiger partial charge is 0.495 e. The predicted molar refractivity (Wildman–Crippen MR) is 105 cm³/mol. The highest BCUT2D eigenvalue weighted by molar-refractivity contribution is 6.07. The number of methoxy groups -OCH3 is 1. The van der Waals surface area contributed by atoms with Gasteiger partial charge in [0.15, 0.2) is 0 Å². The maximum absolute atomic E-state index is 12.8. The molecule has 0 unspecified atom stereocenters. The molecule has 1 amide bonds. The SMILES string of the molecule is COc1c(C(=O)Nc2ccc(=O)n(CC(=O)O)c2)cccc1-c1ccccc1. The van der Waals surface area contributed by atoms with Gasteiger partial charge in [0.05, 0.1) is 18.4 Å².